The summed E-state index contributed by atoms with van der Waals surface area (Å²) < 4.78 is 6.57. The third kappa shape index (κ3) is 3.80. The zero-order chi connectivity index (χ0) is 13.5. The molecule has 0 aromatic carbocycles. The number of carbonyl (C=O) groups is 1. The second kappa shape index (κ2) is 7.51. The molecule has 1 aromatic heterocycles. The molecule has 5 nitrogen and oxygen atoms in total. The third-order valence-electron chi connectivity index (χ3n) is 2.95. The molecule has 0 saturated heterocycles. The number of methoxy groups -OCH3 is 1. The number of nitrogens with zero attached hydrogens (tertiary/aromatic N) is 2. The molecule has 0 fully saturated rings. The molecule has 2 N–H and O–H groups in total. The van der Waals surface area contributed by atoms with Gasteiger partial charge in [0.05, 0.1) is 24.4 Å². The Bertz CT molecular complexity index is 389. The smallest absolute Gasteiger partial charge is 0.182 e. The Morgan fingerprint density at radius 1 is 1.67 bits per heavy atom. The number of carbonyl (C=O) groups excluding carboxylic acids is 1. The Balaban J connectivity index is 2.80. The van der Waals surface area contributed by atoms with E-state index in [0.717, 1.165) is 6.42 Å². The average molecular weight is 274 g/mol. The monoisotopic (exact) mass is 273 g/mol. The summed E-state index contributed by atoms with van der Waals surface area (Å²) in [5.74, 6) is 0.185. The minimum Gasteiger partial charge on any atom is -0.383 e. The van der Waals surface area contributed by atoms with Crippen LogP contribution < -0.4 is 5.73 Å². The van der Waals surface area contributed by atoms with Crippen LogP contribution in [0.1, 0.15) is 30.3 Å². The van der Waals surface area contributed by atoms with Crippen molar-refractivity contribution in [2.75, 3.05) is 20.3 Å². The Hall–Kier alpha value is -0.910. The standard InChI is InChI=1S/C12H20ClN3O2/c1-3-9(7-14)6-11(17)12-10(13)8-15-16(12)4-5-18-2/h8-9H,3-7,14H2,1-2H3. The van der Waals surface area contributed by atoms with Gasteiger partial charge in [0.1, 0.15) is 5.69 Å². The van der Waals surface area contributed by atoms with Gasteiger partial charge in [-0.1, -0.05) is 24.9 Å². The van der Waals surface area contributed by atoms with Crippen LogP contribution >= 0.6 is 11.6 Å². The van der Waals surface area contributed by atoms with E-state index in [9.17, 15) is 4.79 Å². The van der Waals surface area contributed by atoms with Crippen LogP contribution in [0.15, 0.2) is 6.20 Å². The van der Waals surface area contributed by atoms with Crippen molar-refractivity contribution in [3.05, 3.63) is 16.9 Å². The fraction of sp³-hybridized carbons (Fsp3) is 0.667. The van der Waals surface area contributed by atoms with Crippen molar-refractivity contribution >= 4 is 17.4 Å². The molecule has 1 heterocycles. The maximum absolute atomic E-state index is 12.2. The summed E-state index contributed by atoms with van der Waals surface area (Å²) in [6.45, 7) is 3.54. The fourth-order valence-electron chi connectivity index (χ4n) is 1.74. The van der Waals surface area contributed by atoms with Crippen molar-refractivity contribution in [2.24, 2.45) is 11.7 Å². The highest BCUT2D eigenvalue weighted by atomic mass is 35.5. The zero-order valence-corrected chi connectivity index (χ0v) is 11.6. The van der Waals surface area contributed by atoms with Crippen LogP contribution in [0.25, 0.3) is 0 Å². The van der Waals surface area contributed by atoms with E-state index in [1.54, 1.807) is 11.8 Å². The number of hydrogen-bond acceptors (Lipinski definition) is 4. The van der Waals surface area contributed by atoms with E-state index in [0.29, 0.717) is 36.8 Å². The normalized spacial score (nSPS) is 12.7. The van der Waals surface area contributed by atoms with Crippen molar-refractivity contribution in [3.8, 4) is 0 Å². The molecule has 0 spiro atoms. The predicted molar refractivity (Wildman–Crippen MR) is 70.9 cm³/mol. The highest BCUT2D eigenvalue weighted by molar-refractivity contribution is 6.33. The van der Waals surface area contributed by atoms with Gasteiger partial charge in [-0.05, 0) is 12.5 Å². The Morgan fingerprint density at radius 2 is 2.39 bits per heavy atom. The third-order valence-corrected chi connectivity index (χ3v) is 3.23. The summed E-state index contributed by atoms with van der Waals surface area (Å²) in [7, 11) is 1.61. The van der Waals surface area contributed by atoms with Crippen LogP contribution in [0.3, 0.4) is 0 Å². The Labute approximate surface area is 112 Å². The number of nitrogens with two attached hydrogens (primary N) is 1. The van der Waals surface area contributed by atoms with E-state index in [4.69, 9.17) is 22.1 Å². The number of rotatable bonds is 8. The molecule has 18 heavy (non-hydrogen) atoms. The average Bonchev–Trinajstić information content (AvgIpc) is 2.74. The minimum atomic E-state index is -0.00842. The molecule has 1 unspecified atom stereocenters. The van der Waals surface area contributed by atoms with Gasteiger partial charge in [0.2, 0.25) is 0 Å². The minimum absolute atomic E-state index is 0.00842. The van der Waals surface area contributed by atoms with Gasteiger partial charge in [0.25, 0.3) is 0 Å². The topological polar surface area (TPSA) is 70.1 Å². The van der Waals surface area contributed by atoms with E-state index in [1.807, 2.05) is 6.92 Å². The molecule has 0 amide bonds. The van der Waals surface area contributed by atoms with E-state index in [-0.39, 0.29) is 11.7 Å². The highest BCUT2D eigenvalue weighted by Crippen LogP contribution is 2.20. The van der Waals surface area contributed by atoms with Crippen LogP contribution in [0.2, 0.25) is 5.02 Å². The van der Waals surface area contributed by atoms with Gasteiger partial charge < -0.3 is 10.5 Å². The van der Waals surface area contributed by atoms with Crippen LogP contribution in [0.4, 0.5) is 0 Å². The molecule has 0 saturated carbocycles. The van der Waals surface area contributed by atoms with Gasteiger partial charge in [-0.15, -0.1) is 0 Å². The van der Waals surface area contributed by atoms with Gasteiger partial charge in [-0.25, -0.2) is 0 Å². The molecule has 1 atom stereocenters. The lowest BCUT2D eigenvalue weighted by molar-refractivity contribution is 0.0947. The number of hydrogen-bond donors (Lipinski definition) is 1. The number of Topliss-reactive ketones (excluding diaryl/α,β-unsaturated/α-hetero) is 1. The van der Waals surface area contributed by atoms with E-state index in [2.05, 4.69) is 5.10 Å². The maximum Gasteiger partial charge on any atom is 0.182 e. The van der Waals surface area contributed by atoms with Crippen molar-refractivity contribution < 1.29 is 9.53 Å². The summed E-state index contributed by atoms with van der Waals surface area (Å²) in [5.41, 5.74) is 6.07. The first kappa shape index (κ1) is 15.1. The molecule has 0 radical (unpaired) electrons. The van der Waals surface area contributed by atoms with Gasteiger partial charge in [0.15, 0.2) is 5.78 Å². The molecule has 1 aromatic rings. The molecule has 102 valence electrons. The number of aromatic nitrogens is 2. The van der Waals surface area contributed by atoms with Crippen molar-refractivity contribution in [2.45, 2.75) is 26.3 Å². The Morgan fingerprint density at radius 3 is 2.94 bits per heavy atom. The lowest BCUT2D eigenvalue weighted by Gasteiger charge is -2.12. The lowest BCUT2D eigenvalue weighted by Crippen LogP contribution is -2.20. The van der Waals surface area contributed by atoms with Crippen LogP contribution in [0.5, 0.6) is 0 Å². The second-order valence-corrected chi connectivity index (χ2v) is 4.60. The van der Waals surface area contributed by atoms with Crippen molar-refractivity contribution in [3.63, 3.8) is 0 Å². The molecular formula is C12H20ClN3O2. The maximum atomic E-state index is 12.2. The first-order valence-corrected chi connectivity index (χ1v) is 6.45. The van der Waals surface area contributed by atoms with Gasteiger partial charge in [-0.3, -0.25) is 9.48 Å². The van der Waals surface area contributed by atoms with E-state index < -0.39 is 0 Å². The summed E-state index contributed by atoms with van der Waals surface area (Å²) in [4.78, 5) is 12.2. The van der Waals surface area contributed by atoms with Crippen molar-refractivity contribution in [1.82, 2.24) is 9.78 Å². The second-order valence-electron chi connectivity index (χ2n) is 4.19. The number of ether oxygens (including phenoxy) is 1. The summed E-state index contributed by atoms with van der Waals surface area (Å²) in [6.07, 6.45) is 2.78. The van der Waals surface area contributed by atoms with Gasteiger partial charge in [-0.2, -0.15) is 5.10 Å². The van der Waals surface area contributed by atoms with Crippen LogP contribution in [0, 0.1) is 5.92 Å². The van der Waals surface area contributed by atoms with Crippen LogP contribution in [-0.2, 0) is 11.3 Å². The molecule has 6 heteroatoms. The summed E-state index contributed by atoms with van der Waals surface area (Å²) in [6, 6.07) is 0. The highest BCUT2D eigenvalue weighted by Gasteiger charge is 2.20. The fourth-order valence-corrected chi connectivity index (χ4v) is 1.99. The molecule has 0 aliphatic heterocycles. The lowest BCUT2D eigenvalue weighted by atomic mass is 9.98. The molecule has 0 bridgehead atoms. The quantitative estimate of drug-likeness (QED) is 0.733. The van der Waals surface area contributed by atoms with Gasteiger partial charge in [0, 0.05) is 13.5 Å². The zero-order valence-electron chi connectivity index (χ0n) is 10.9. The molecule has 1 rings (SSSR count). The predicted octanol–water partition coefficient (Wildman–Crippen LogP) is 1.74. The molecule has 0 aliphatic carbocycles. The SMILES string of the molecule is CCC(CN)CC(=O)c1c(Cl)cnn1CCOC. The number of ketones is 1. The largest absolute Gasteiger partial charge is 0.383 e. The first-order valence-electron chi connectivity index (χ1n) is 6.07. The van der Waals surface area contributed by atoms with Crippen LogP contribution in [-0.4, -0.2) is 35.8 Å². The van der Waals surface area contributed by atoms with E-state index >= 15 is 0 Å². The summed E-state index contributed by atoms with van der Waals surface area (Å²) >= 11 is 6.01. The molecular weight excluding hydrogens is 254 g/mol. The van der Waals surface area contributed by atoms with E-state index in [1.165, 1.54) is 6.20 Å². The van der Waals surface area contributed by atoms with Gasteiger partial charge >= 0.3 is 0 Å². The summed E-state index contributed by atoms with van der Waals surface area (Å²) in [5, 5.41) is 4.48. The van der Waals surface area contributed by atoms with Crippen molar-refractivity contribution in [1.29, 1.82) is 0 Å². The Kier molecular flexibility index (Phi) is 6.32. The first-order chi connectivity index (χ1) is 8.63. The molecule has 0 aliphatic rings. The number of halogens is 1.